The normalized spacial score (nSPS) is 23.6. The van der Waals surface area contributed by atoms with Crippen LogP contribution in [0.15, 0.2) is 0 Å². The highest BCUT2D eigenvalue weighted by molar-refractivity contribution is 6.84. The third-order valence-corrected chi connectivity index (χ3v) is 9.69. The Kier molecular flexibility index (Phi) is 9.90. The SMILES string of the molecule is C.C.CC(C[Si](C)(C)O[Si](C)(C)C)OCCC1(C)CCO1. The minimum Gasteiger partial charge on any atom is -0.456 e. The van der Waals surface area contributed by atoms with Crippen molar-refractivity contribution in [1.29, 1.82) is 0 Å². The Morgan fingerprint density at radius 3 is 2.05 bits per heavy atom. The molecule has 0 aromatic heterocycles. The van der Waals surface area contributed by atoms with E-state index in [4.69, 9.17) is 13.6 Å². The zero-order valence-electron chi connectivity index (χ0n) is 13.8. The fourth-order valence-corrected chi connectivity index (χ4v) is 11.2. The van der Waals surface area contributed by atoms with Gasteiger partial charge in [-0.2, -0.15) is 0 Å². The van der Waals surface area contributed by atoms with Crippen molar-refractivity contribution in [3.63, 3.8) is 0 Å². The standard InChI is InChI=1S/C14H32O3Si2.2CH4/c1-13(12-19(6,7)17-18(3,4)5)15-10-8-14(2)9-11-16-14;;/h13H,8-12H2,1-7H3;2*1H4. The third-order valence-electron chi connectivity index (χ3n) is 3.48. The summed E-state index contributed by atoms with van der Waals surface area (Å²) in [5.41, 5.74) is 0.0848. The lowest BCUT2D eigenvalue weighted by atomic mass is 9.94. The van der Waals surface area contributed by atoms with E-state index in [1.54, 1.807) is 0 Å². The van der Waals surface area contributed by atoms with Gasteiger partial charge in [-0.25, -0.2) is 0 Å². The average Bonchev–Trinajstić information content (AvgIpc) is 2.09. The summed E-state index contributed by atoms with van der Waals surface area (Å²) in [4.78, 5) is 0. The molecule has 21 heavy (non-hydrogen) atoms. The van der Waals surface area contributed by atoms with E-state index >= 15 is 0 Å². The Morgan fingerprint density at radius 1 is 1.14 bits per heavy atom. The van der Waals surface area contributed by atoms with Crippen LogP contribution in [-0.2, 0) is 13.6 Å². The van der Waals surface area contributed by atoms with Gasteiger partial charge in [-0.05, 0) is 65.5 Å². The van der Waals surface area contributed by atoms with Crippen molar-refractivity contribution in [2.75, 3.05) is 13.2 Å². The molecule has 0 aromatic carbocycles. The molecule has 0 aromatic rings. The van der Waals surface area contributed by atoms with E-state index in [9.17, 15) is 0 Å². The Labute approximate surface area is 136 Å². The molecule has 1 heterocycles. The van der Waals surface area contributed by atoms with Gasteiger partial charge in [0.25, 0.3) is 0 Å². The molecule has 3 nitrogen and oxygen atoms in total. The van der Waals surface area contributed by atoms with Gasteiger partial charge in [0.15, 0.2) is 16.6 Å². The second-order valence-electron chi connectivity index (χ2n) is 7.66. The van der Waals surface area contributed by atoms with Crippen molar-refractivity contribution in [3.05, 3.63) is 0 Å². The van der Waals surface area contributed by atoms with E-state index in [0.29, 0.717) is 6.10 Å². The van der Waals surface area contributed by atoms with Crippen molar-refractivity contribution >= 4 is 16.6 Å². The van der Waals surface area contributed by atoms with E-state index in [1.807, 2.05) is 0 Å². The molecule has 0 spiro atoms. The minimum atomic E-state index is -1.59. The summed E-state index contributed by atoms with van der Waals surface area (Å²) >= 11 is 0. The van der Waals surface area contributed by atoms with Crippen molar-refractivity contribution in [2.24, 2.45) is 0 Å². The van der Waals surface area contributed by atoms with E-state index in [-0.39, 0.29) is 20.5 Å². The maximum absolute atomic E-state index is 6.35. The molecular weight excluding hydrogens is 296 g/mol. The van der Waals surface area contributed by atoms with Crippen molar-refractivity contribution in [1.82, 2.24) is 0 Å². The molecule has 1 rings (SSSR count). The van der Waals surface area contributed by atoms with E-state index in [1.165, 1.54) is 6.42 Å². The van der Waals surface area contributed by atoms with Crippen LogP contribution in [0, 0.1) is 0 Å². The average molecular weight is 337 g/mol. The van der Waals surface area contributed by atoms with Gasteiger partial charge in [0, 0.05) is 6.61 Å². The monoisotopic (exact) mass is 336 g/mol. The number of hydrogen-bond acceptors (Lipinski definition) is 3. The zero-order chi connectivity index (χ0) is 14.7. The molecule has 0 aliphatic carbocycles. The molecule has 0 N–H and O–H groups in total. The number of hydrogen-bond donors (Lipinski definition) is 0. The molecule has 5 heteroatoms. The second kappa shape index (κ2) is 8.82. The van der Waals surface area contributed by atoms with Crippen LogP contribution in [-0.4, -0.2) is 41.6 Å². The minimum absolute atomic E-state index is 0. The van der Waals surface area contributed by atoms with Crippen LogP contribution in [0.1, 0.15) is 41.5 Å². The van der Waals surface area contributed by atoms with Crippen LogP contribution in [0.4, 0.5) is 0 Å². The molecular formula is C16H40O3Si2. The molecule has 1 aliphatic rings. The summed E-state index contributed by atoms with van der Waals surface area (Å²) in [6, 6.07) is 1.08. The van der Waals surface area contributed by atoms with Crippen LogP contribution in [0.5, 0.6) is 0 Å². The molecule has 130 valence electrons. The molecule has 0 bridgehead atoms. The first-order valence-electron chi connectivity index (χ1n) is 7.47. The molecule has 1 saturated heterocycles. The highest BCUT2D eigenvalue weighted by Gasteiger charge is 2.34. The van der Waals surface area contributed by atoms with Gasteiger partial charge in [0.05, 0.1) is 18.3 Å². The quantitative estimate of drug-likeness (QED) is 0.564. The van der Waals surface area contributed by atoms with E-state index in [0.717, 1.165) is 25.7 Å². The zero-order valence-corrected chi connectivity index (χ0v) is 15.8. The van der Waals surface area contributed by atoms with Gasteiger partial charge in [-0.1, -0.05) is 14.9 Å². The summed E-state index contributed by atoms with van der Waals surface area (Å²) in [6.07, 6.45) is 2.47. The molecule has 1 aliphatic heterocycles. The Hall–Kier alpha value is 0.314. The van der Waals surface area contributed by atoms with Gasteiger partial charge in [-0.3, -0.25) is 0 Å². The van der Waals surface area contributed by atoms with Crippen LogP contribution in [0.3, 0.4) is 0 Å². The van der Waals surface area contributed by atoms with Crippen LogP contribution >= 0.6 is 0 Å². The molecule has 2 unspecified atom stereocenters. The Bertz CT molecular complexity index is 284. The molecule has 2 atom stereocenters. The molecule has 0 radical (unpaired) electrons. The van der Waals surface area contributed by atoms with Gasteiger partial charge in [0.2, 0.25) is 0 Å². The lowest BCUT2D eigenvalue weighted by Gasteiger charge is -2.39. The lowest BCUT2D eigenvalue weighted by molar-refractivity contribution is -0.148. The maximum atomic E-state index is 6.35. The predicted molar refractivity (Wildman–Crippen MR) is 99.2 cm³/mol. The van der Waals surface area contributed by atoms with Crippen LogP contribution in [0.25, 0.3) is 0 Å². The van der Waals surface area contributed by atoms with E-state index < -0.39 is 16.6 Å². The first kappa shape index (κ1) is 23.6. The fraction of sp³-hybridized carbons (Fsp3) is 1.00. The van der Waals surface area contributed by atoms with Crippen LogP contribution < -0.4 is 0 Å². The predicted octanol–water partition coefficient (Wildman–Crippen LogP) is 5.29. The van der Waals surface area contributed by atoms with E-state index in [2.05, 4.69) is 46.6 Å². The summed E-state index contributed by atoms with van der Waals surface area (Å²) < 4.78 is 17.9. The number of rotatable bonds is 8. The number of ether oxygens (including phenoxy) is 2. The van der Waals surface area contributed by atoms with Gasteiger partial charge >= 0.3 is 0 Å². The van der Waals surface area contributed by atoms with Crippen LogP contribution in [0.2, 0.25) is 38.8 Å². The first-order chi connectivity index (χ1) is 8.52. The summed E-state index contributed by atoms with van der Waals surface area (Å²) in [7, 11) is -3.02. The lowest BCUT2D eigenvalue weighted by Crippen LogP contribution is -2.44. The maximum Gasteiger partial charge on any atom is 0.175 e. The molecule has 1 fully saturated rings. The van der Waals surface area contributed by atoms with Gasteiger partial charge in [0.1, 0.15) is 0 Å². The first-order valence-corrected chi connectivity index (χ1v) is 14.0. The summed E-state index contributed by atoms with van der Waals surface area (Å²) in [5.74, 6) is 0. The fourth-order valence-electron chi connectivity index (χ4n) is 2.75. The summed E-state index contributed by atoms with van der Waals surface area (Å²) in [6.45, 7) is 17.5. The van der Waals surface area contributed by atoms with Crippen molar-refractivity contribution in [2.45, 2.75) is 92.0 Å². The highest BCUT2D eigenvalue weighted by atomic mass is 28.4. The molecule has 0 saturated carbocycles. The summed E-state index contributed by atoms with van der Waals surface area (Å²) in [5, 5.41) is 0. The van der Waals surface area contributed by atoms with Crippen molar-refractivity contribution in [3.8, 4) is 0 Å². The van der Waals surface area contributed by atoms with Gasteiger partial charge < -0.3 is 13.6 Å². The third kappa shape index (κ3) is 9.84. The smallest absolute Gasteiger partial charge is 0.175 e. The highest BCUT2D eigenvalue weighted by Crippen LogP contribution is 2.29. The second-order valence-corrected chi connectivity index (χ2v) is 16.6. The Morgan fingerprint density at radius 2 is 1.67 bits per heavy atom. The molecule has 0 amide bonds. The Balaban J connectivity index is 0. The topological polar surface area (TPSA) is 27.7 Å². The van der Waals surface area contributed by atoms with Crippen molar-refractivity contribution < 1.29 is 13.6 Å². The van der Waals surface area contributed by atoms with Gasteiger partial charge in [-0.15, -0.1) is 0 Å². The largest absolute Gasteiger partial charge is 0.456 e.